The number of benzene rings is 2. The number of carboxylic acids is 1. The van der Waals surface area contributed by atoms with Crippen molar-refractivity contribution in [2.24, 2.45) is 0 Å². The number of carbonyl (C=O) groups is 2. The van der Waals surface area contributed by atoms with Crippen LogP contribution in [0.3, 0.4) is 0 Å². The minimum atomic E-state index is -5.08. The second-order valence-electron chi connectivity index (χ2n) is 9.77. The molecule has 11 heteroatoms. The Morgan fingerprint density at radius 2 is 1.67 bits per heavy atom. The Balaban J connectivity index is 0.000000448. The van der Waals surface area contributed by atoms with E-state index in [4.69, 9.17) is 19.2 Å². The second-order valence-corrected chi connectivity index (χ2v) is 9.77. The van der Waals surface area contributed by atoms with Crippen molar-refractivity contribution in [3.63, 3.8) is 0 Å². The van der Waals surface area contributed by atoms with Gasteiger partial charge in [-0.2, -0.15) is 13.2 Å². The monoisotopic (exact) mass is 545 g/mol. The molecule has 2 aromatic carbocycles. The minimum Gasteiger partial charge on any atom is -0.475 e. The number of likely N-dealkylation sites (tertiary alicyclic amines) is 2. The van der Waals surface area contributed by atoms with Gasteiger partial charge in [-0.15, -0.1) is 0 Å². The summed E-state index contributed by atoms with van der Waals surface area (Å²) < 4.78 is 42.9. The number of halogens is 3. The first-order valence-corrected chi connectivity index (χ1v) is 12.6. The fourth-order valence-electron chi connectivity index (χ4n) is 4.97. The van der Waals surface area contributed by atoms with Gasteiger partial charge < -0.3 is 19.3 Å². The zero-order valence-corrected chi connectivity index (χ0v) is 21.7. The van der Waals surface area contributed by atoms with Gasteiger partial charge in [-0.1, -0.05) is 23.4 Å². The lowest BCUT2D eigenvalue weighted by molar-refractivity contribution is -0.192. The van der Waals surface area contributed by atoms with Crippen LogP contribution in [0.2, 0.25) is 0 Å². The lowest BCUT2D eigenvalue weighted by atomic mass is 9.77. The zero-order chi connectivity index (χ0) is 28.2. The number of aromatic nitrogens is 1. The van der Waals surface area contributed by atoms with Gasteiger partial charge in [0.25, 0.3) is 5.91 Å². The first-order chi connectivity index (χ1) is 18.5. The predicted molar refractivity (Wildman–Crippen MR) is 136 cm³/mol. The highest BCUT2D eigenvalue weighted by atomic mass is 19.4. The van der Waals surface area contributed by atoms with Crippen molar-refractivity contribution >= 4 is 11.9 Å². The number of para-hydroxylation sites is 1. The number of ether oxygens (including phenoxy) is 1. The van der Waals surface area contributed by atoms with Gasteiger partial charge in [-0.25, -0.2) is 4.79 Å². The third-order valence-electron chi connectivity index (χ3n) is 7.21. The summed E-state index contributed by atoms with van der Waals surface area (Å²) in [5.41, 5.74) is 2.92. The molecule has 2 aliphatic heterocycles. The third-order valence-corrected chi connectivity index (χ3v) is 7.21. The van der Waals surface area contributed by atoms with E-state index in [0.29, 0.717) is 5.56 Å². The molecule has 2 saturated heterocycles. The van der Waals surface area contributed by atoms with E-state index in [1.54, 1.807) is 0 Å². The third kappa shape index (κ3) is 6.59. The highest BCUT2D eigenvalue weighted by Crippen LogP contribution is 2.40. The molecule has 0 bridgehead atoms. The van der Waals surface area contributed by atoms with Crippen LogP contribution in [0.1, 0.15) is 46.6 Å². The van der Waals surface area contributed by atoms with Crippen LogP contribution >= 0.6 is 0 Å². The van der Waals surface area contributed by atoms with Gasteiger partial charge in [0.2, 0.25) is 0 Å². The molecule has 1 amide bonds. The SMILES string of the molecule is Cc1noc(C)c1CN1CCC12CCCN(C(=O)c1ccc(Oc3ccccc3)cc1)C2.O=C(O)C(F)(F)F. The van der Waals surface area contributed by atoms with Crippen LogP contribution in [0.25, 0.3) is 0 Å². The lowest BCUT2D eigenvalue weighted by Crippen LogP contribution is -2.67. The molecule has 39 heavy (non-hydrogen) atoms. The highest BCUT2D eigenvalue weighted by molar-refractivity contribution is 5.94. The summed E-state index contributed by atoms with van der Waals surface area (Å²) in [5, 5.41) is 11.2. The summed E-state index contributed by atoms with van der Waals surface area (Å²) in [4.78, 5) is 26.7. The Bertz CT molecular complexity index is 1270. The first-order valence-electron chi connectivity index (χ1n) is 12.6. The molecule has 1 N–H and O–H groups in total. The molecule has 2 aliphatic rings. The van der Waals surface area contributed by atoms with Crippen LogP contribution < -0.4 is 4.74 Å². The summed E-state index contributed by atoms with van der Waals surface area (Å²) in [7, 11) is 0. The largest absolute Gasteiger partial charge is 0.490 e. The molecule has 208 valence electrons. The fourth-order valence-corrected chi connectivity index (χ4v) is 4.97. The Labute approximate surface area is 223 Å². The molecule has 3 aromatic rings. The summed E-state index contributed by atoms with van der Waals surface area (Å²) in [6, 6.07) is 17.1. The number of hydrogen-bond acceptors (Lipinski definition) is 6. The standard InChI is InChI=1S/C26H29N3O3.C2HF3O2/c1-19-24(20(2)32-27-19)17-29-16-14-26(29)13-6-15-28(18-26)25(30)21-9-11-23(12-10-21)31-22-7-4-3-5-8-22;3-2(4,5)1(6)7/h3-5,7-12H,6,13-18H2,1-2H3;(H,6,7). The normalized spacial score (nSPS) is 19.2. The molecular weight excluding hydrogens is 515 g/mol. The number of aryl methyl sites for hydroxylation is 2. The number of piperidine rings is 1. The number of aliphatic carboxylic acids is 1. The molecule has 0 saturated carbocycles. The molecule has 1 atom stereocenters. The number of carboxylic acid groups (broad SMARTS) is 1. The van der Waals surface area contributed by atoms with E-state index < -0.39 is 12.1 Å². The second kappa shape index (κ2) is 11.5. The quantitative estimate of drug-likeness (QED) is 0.446. The van der Waals surface area contributed by atoms with E-state index in [0.717, 1.165) is 68.4 Å². The Morgan fingerprint density at radius 3 is 2.21 bits per heavy atom. The van der Waals surface area contributed by atoms with E-state index in [-0.39, 0.29) is 11.4 Å². The number of rotatable bonds is 5. The summed E-state index contributed by atoms with van der Waals surface area (Å²) in [6.45, 7) is 7.45. The Kier molecular flexibility index (Phi) is 8.29. The van der Waals surface area contributed by atoms with Crippen molar-refractivity contribution < 1.29 is 37.1 Å². The number of nitrogens with zero attached hydrogens (tertiary/aromatic N) is 3. The Morgan fingerprint density at radius 1 is 1.03 bits per heavy atom. The summed E-state index contributed by atoms with van der Waals surface area (Å²) >= 11 is 0. The van der Waals surface area contributed by atoms with Gasteiger partial charge in [-0.3, -0.25) is 9.69 Å². The molecule has 8 nitrogen and oxygen atoms in total. The average Bonchev–Trinajstić information content (AvgIpc) is 3.23. The van der Waals surface area contributed by atoms with Crippen molar-refractivity contribution in [2.45, 2.75) is 51.4 Å². The van der Waals surface area contributed by atoms with E-state index in [9.17, 15) is 18.0 Å². The Hall–Kier alpha value is -3.86. The maximum absolute atomic E-state index is 13.3. The van der Waals surface area contributed by atoms with Crippen LogP contribution in [0, 0.1) is 13.8 Å². The molecule has 5 rings (SSSR count). The molecule has 0 aliphatic carbocycles. The molecule has 2 fully saturated rings. The van der Waals surface area contributed by atoms with E-state index in [2.05, 4.69) is 10.1 Å². The summed E-state index contributed by atoms with van der Waals surface area (Å²) in [6.07, 6.45) is -1.80. The van der Waals surface area contributed by atoms with Crippen LogP contribution in [-0.2, 0) is 11.3 Å². The van der Waals surface area contributed by atoms with Crippen molar-refractivity contribution in [1.29, 1.82) is 0 Å². The number of amides is 1. The molecule has 1 aromatic heterocycles. The molecular formula is C28H30F3N3O5. The number of alkyl halides is 3. The lowest BCUT2D eigenvalue weighted by Gasteiger charge is -2.57. The molecule has 1 spiro atoms. The number of carbonyl (C=O) groups excluding carboxylic acids is 1. The van der Waals surface area contributed by atoms with Crippen molar-refractivity contribution in [3.05, 3.63) is 77.2 Å². The van der Waals surface area contributed by atoms with Crippen LogP contribution in [0.15, 0.2) is 59.1 Å². The van der Waals surface area contributed by atoms with Crippen LogP contribution in [-0.4, -0.2) is 63.3 Å². The predicted octanol–water partition coefficient (Wildman–Crippen LogP) is 5.60. The number of hydrogen-bond donors (Lipinski definition) is 1. The molecule has 3 heterocycles. The molecule has 0 radical (unpaired) electrons. The minimum absolute atomic E-state index is 0.0699. The summed E-state index contributed by atoms with van der Waals surface area (Å²) in [5.74, 6) is -0.251. The maximum atomic E-state index is 13.3. The van der Waals surface area contributed by atoms with Crippen LogP contribution in [0.4, 0.5) is 13.2 Å². The van der Waals surface area contributed by atoms with Crippen molar-refractivity contribution in [1.82, 2.24) is 15.0 Å². The van der Waals surface area contributed by atoms with Crippen molar-refractivity contribution in [2.75, 3.05) is 19.6 Å². The van der Waals surface area contributed by atoms with Gasteiger partial charge in [0, 0.05) is 42.8 Å². The first kappa shape index (κ1) is 28.2. The average molecular weight is 546 g/mol. The van der Waals surface area contributed by atoms with Gasteiger partial charge in [0.05, 0.1) is 5.69 Å². The van der Waals surface area contributed by atoms with E-state index in [1.165, 1.54) is 5.56 Å². The van der Waals surface area contributed by atoms with E-state index >= 15 is 0 Å². The van der Waals surface area contributed by atoms with E-state index in [1.807, 2.05) is 73.3 Å². The van der Waals surface area contributed by atoms with Gasteiger partial charge in [0.1, 0.15) is 17.3 Å². The van der Waals surface area contributed by atoms with Crippen molar-refractivity contribution in [3.8, 4) is 11.5 Å². The smallest absolute Gasteiger partial charge is 0.475 e. The zero-order valence-electron chi connectivity index (χ0n) is 21.7. The van der Waals surface area contributed by atoms with Gasteiger partial charge in [0.15, 0.2) is 0 Å². The fraction of sp³-hybridized carbons (Fsp3) is 0.393. The van der Waals surface area contributed by atoms with Gasteiger partial charge in [-0.05, 0) is 69.5 Å². The van der Waals surface area contributed by atoms with Gasteiger partial charge >= 0.3 is 12.1 Å². The molecule has 1 unspecified atom stereocenters. The van der Waals surface area contributed by atoms with Crippen LogP contribution in [0.5, 0.6) is 11.5 Å². The maximum Gasteiger partial charge on any atom is 0.490 e. The topological polar surface area (TPSA) is 96.1 Å². The highest BCUT2D eigenvalue weighted by Gasteiger charge is 2.48.